The number of para-hydroxylation sites is 1. The first-order valence-corrected chi connectivity index (χ1v) is 19.8. The third-order valence-corrected chi connectivity index (χ3v) is 11.8. The highest BCUT2D eigenvalue weighted by molar-refractivity contribution is 6.20. The van der Waals surface area contributed by atoms with E-state index >= 15 is 0 Å². The molecule has 0 amide bonds. The molecule has 0 saturated heterocycles. The van der Waals surface area contributed by atoms with Crippen LogP contribution in [-0.2, 0) is 0 Å². The largest absolute Gasteiger partial charge is 0.454 e. The fourth-order valence-electron chi connectivity index (χ4n) is 9.02. The van der Waals surface area contributed by atoms with Crippen LogP contribution in [0.5, 0.6) is 0 Å². The predicted molar refractivity (Wildman–Crippen MR) is 240 cm³/mol. The zero-order valence-electron chi connectivity index (χ0n) is 31.4. The van der Waals surface area contributed by atoms with Crippen LogP contribution in [0.25, 0.3) is 82.1 Å². The average Bonchev–Trinajstić information content (AvgIpc) is 3.82. The van der Waals surface area contributed by atoms with Crippen molar-refractivity contribution in [1.29, 1.82) is 0 Å². The van der Waals surface area contributed by atoms with Crippen molar-refractivity contribution in [1.82, 2.24) is 15.2 Å². The SMILES string of the molecule is c1ccc(-c2cccc(C3NC(c4ccc5c(oc6ccccc65)c4-n4c5cc6ccccc6cc5c5cc6ccccc6cc54)=NC(c4ccccc4)N3)c2)cc1. The van der Waals surface area contributed by atoms with Gasteiger partial charge >= 0.3 is 0 Å². The summed E-state index contributed by atoms with van der Waals surface area (Å²) in [5, 5.41) is 17.1. The standard InChI is InChI=1S/C53H36N4O/c1-3-14-33(15-4-1)35-22-13-23-40(28-35)52-54-51(34-16-5-2-6-17-34)55-53(56-52)43-27-26-42-41-24-11-12-25-48(41)58-50(42)49(43)57-46-31-38-20-9-7-18-36(38)29-44(46)45-30-37-19-8-10-21-39(37)32-47(45)57/h1-32,51-52,54H,(H,55,56). The number of nitrogens with one attached hydrogen (secondary N) is 2. The van der Waals surface area contributed by atoms with Gasteiger partial charge in [0.05, 0.1) is 11.0 Å². The van der Waals surface area contributed by atoms with Crippen LogP contribution in [0.4, 0.5) is 0 Å². The number of benzene rings is 9. The van der Waals surface area contributed by atoms with E-state index in [9.17, 15) is 0 Å². The lowest BCUT2D eigenvalue weighted by atomic mass is 10.00. The van der Waals surface area contributed by atoms with Gasteiger partial charge in [-0.05, 0) is 92.3 Å². The molecule has 1 aliphatic rings. The van der Waals surface area contributed by atoms with E-state index in [1.54, 1.807) is 0 Å². The Kier molecular flexibility index (Phi) is 7.37. The minimum absolute atomic E-state index is 0.244. The summed E-state index contributed by atoms with van der Waals surface area (Å²) in [5.74, 6) is 0.789. The highest BCUT2D eigenvalue weighted by Crippen LogP contribution is 2.43. The summed E-state index contributed by atoms with van der Waals surface area (Å²) in [6.07, 6.45) is -0.556. The van der Waals surface area contributed by atoms with Gasteiger partial charge in [0.25, 0.3) is 0 Å². The molecule has 0 radical (unpaired) electrons. The second-order valence-electron chi connectivity index (χ2n) is 15.2. The summed E-state index contributed by atoms with van der Waals surface area (Å²) in [4.78, 5) is 5.51. The number of aromatic nitrogens is 1. The fourth-order valence-corrected chi connectivity index (χ4v) is 9.02. The average molecular weight is 745 g/mol. The van der Waals surface area contributed by atoms with E-state index in [1.165, 1.54) is 37.9 Å². The van der Waals surface area contributed by atoms with Gasteiger partial charge in [-0.1, -0.05) is 146 Å². The summed E-state index contributed by atoms with van der Waals surface area (Å²) < 4.78 is 9.41. The van der Waals surface area contributed by atoms with E-state index in [2.05, 4.69) is 203 Å². The Labute approximate surface area is 334 Å². The molecule has 3 heterocycles. The summed E-state index contributed by atoms with van der Waals surface area (Å²) in [6, 6.07) is 69.3. The Morgan fingerprint density at radius 1 is 0.466 bits per heavy atom. The fraction of sp³-hybridized carbons (Fsp3) is 0.0377. The Hall–Kier alpha value is -7.47. The zero-order chi connectivity index (χ0) is 38.2. The van der Waals surface area contributed by atoms with Gasteiger partial charge in [0, 0.05) is 27.1 Å². The van der Waals surface area contributed by atoms with Crippen LogP contribution in [-0.4, -0.2) is 10.4 Å². The smallest absolute Gasteiger partial charge is 0.160 e. The highest BCUT2D eigenvalue weighted by Gasteiger charge is 2.30. The van der Waals surface area contributed by atoms with E-state index in [1.807, 2.05) is 6.07 Å². The summed E-state index contributed by atoms with van der Waals surface area (Å²) in [7, 11) is 0. The zero-order valence-corrected chi connectivity index (χ0v) is 31.4. The second-order valence-corrected chi connectivity index (χ2v) is 15.2. The number of rotatable bonds is 5. The van der Waals surface area contributed by atoms with Crippen molar-refractivity contribution in [3.63, 3.8) is 0 Å². The van der Waals surface area contributed by atoms with Crippen LogP contribution >= 0.6 is 0 Å². The topological polar surface area (TPSA) is 54.5 Å². The minimum Gasteiger partial charge on any atom is -0.454 e. The molecular weight excluding hydrogens is 709 g/mol. The van der Waals surface area contributed by atoms with Crippen molar-refractivity contribution in [2.75, 3.05) is 0 Å². The Morgan fingerprint density at radius 3 is 1.76 bits per heavy atom. The van der Waals surface area contributed by atoms with Gasteiger partial charge < -0.3 is 14.3 Å². The van der Waals surface area contributed by atoms with Crippen LogP contribution in [0.1, 0.15) is 29.0 Å². The highest BCUT2D eigenvalue weighted by atomic mass is 16.3. The molecule has 274 valence electrons. The first-order valence-electron chi connectivity index (χ1n) is 19.8. The maximum absolute atomic E-state index is 6.98. The van der Waals surface area contributed by atoms with Crippen molar-refractivity contribution in [2.45, 2.75) is 12.3 Å². The van der Waals surface area contributed by atoms with Crippen LogP contribution in [0.15, 0.2) is 204 Å². The molecule has 5 nitrogen and oxygen atoms in total. The maximum atomic E-state index is 6.98. The van der Waals surface area contributed by atoms with Crippen molar-refractivity contribution in [2.24, 2.45) is 4.99 Å². The molecular formula is C53H36N4O. The molecule has 0 spiro atoms. The third-order valence-electron chi connectivity index (χ3n) is 11.8. The number of aliphatic imine (C=N–C) groups is 1. The molecule has 0 bridgehead atoms. The molecule has 0 saturated carbocycles. The molecule has 5 heteroatoms. The molecule has 12 rings (SSSR count). The molecule has 9 aromatic carbocycles. The maximum Gasteiger partial charge on any atom is 0.160 e. The van der Waals surface area contributed by atoms with Gasteiger partial charge in [0.1, 0.15) is 29.4 Å². The number of fused-ring (bicyclic) bond motifs is 8. The molecule has 0 aliphatic carbocycles. The van der Waals surface area contributed by atoms with Crippen LogP contribution in [0.3, 0.4) is 0 Å². The van der Waals surface area contributed by atoms with Crippen molar-refractivity contribution >= 4 is 71.1 Å². The van der Waals surface area contributed by atoms with Crippen molar-refractivity contribution < 1.29 is 4.42 Å². The first-order chi connectivity index (χ1) is 28.7. The summed E-state index contributed by atoms with van der Waals surface area (Å²) >= 11 is 0. The molecule has 2 aromatic heterocycles. The van der Waals surface area contributed by atoms with Crippen LogP contribution in [0.2, 0.25) is 0 Å². The predicted octanol–water partition coefficient (Wildman–Crippen LogP) is 13.0. The number of hydrogen-bond donors (Lipinski definition) is 2. The van der Waals surface area contributed by atoms with Gasteiger partial charge in [0.15, 0.2) is 5.58 Å². The summed E-state index contributed by atoms with van der Waals surface area (Å²) in [6.45, 7) is 0. The monoisotopic (exact) mass is 744 g/mol. The van der Waals surface area contributed by atoms with E-state index in [0.717, 1.165) is 66.7 Å². The quantitative estimate of drug-likeness (QED) is 0.184. The van der Waals surface area contributed by atoms with Crippen molar-refractivity contribution in [3.05, 3.63) is 211 Å². The normalized spacial score (nSPS) is 15.8. The van der Waals surface area contributed by atoms with E-state index < -0.39 is 0 Å². The number of hydrogen-bond acceptors (Lipinski definition) is 4. The van der Waals surface area contributed by atoms with E-state index in [4.69, 9.17) is 9.41 Å². The summed E-state index contributed by atoms with van der Waals surface area (Å²) in [5.41, 5.74) is 10.4. The van der Waals surface area contributed by atoms with Gasteiger partial charge in [-0.2, -0.15) is 0 Å². The second kappa shape index (κ2) is 13.1. The number of amidine groups is 1. The lowest BCUT2D eigenvalue weighted by molar-refractivity contribution is 0.409. The Balaban J connectivity index is 1.16. The molecule has 2 atom stereocenters. The third kappa shape index (κ3) is 5.25. The first kappa shape index (κ1) is 32.7. The Morgan fingerprint density at radius 2 is 1.05 bits per heavy atom. The molecule has 58 heavy (non-hydrogen) atoms. The van der Waals surface area contributed by atoms with Crippen molar-refractivity contribution in [3.8, 4) is 16.8 Å². The number of furan rings is 1. The molecule has 0 fully saturated rings. The van der Waals surface area contributed by atoms with Gasteiger partial charge in [-0.15, -0.1) is 0 Å². The Bertz CT molecular complexity index is 3320. The molecule has 2 N–H and O–H groups in total. The van der Waals surface area contributed by atoms with Gasteiger partial charge in [-0.25, -0.2) is 4.99 Å². The molecule has 1 aliphatic heterocycles. The van der Waals surface area contributed by atoms with E-state index in [-0.39, 0.29) is 12.3 Å². The molecule has 2 unspecified atom stereocenters. The lowest BCUT2D eigenvalue weighted by Gasteiger charge is -2.33. The minimum atomic E-state index is -0.312. The van der Waals surface area contributed by atoms with Crippen LogP contribution < -0.4 is 10.6 Å². The van der Waals surface area contributed by atoms with Gasteiger partial charge in [0.2, 0.25) is 0 Å². The lowest BCUT2D eigenvalue weighted by Crippen LogP contribution is -2.45. The number of nitrogens with zero attached hydrogens (tertiary/aromatic N) is 2. The molecule has 11 aromatic rings. The van der Waals surface area contributed by atoms with Gasteiger partial charge in [-0.3, -0.25) is 5.32 Å². The van der Waals surface area contributed by atoms with Crippen LogP contribution in [0, 0.1) is 0 Å². The van der Waals surface area contributed by atoms with E-state index in [0.29, 0.717) is 0 Å².